The lowest BCUT2D eigenvalue weighted by Gasteiger charge is -2.21. The van der Waals surface area contributed by atoms with E-state index in [1.165, 1.54) is 12.7 Å². The van der Waals surface area contributed by atoms with Crippen LogP contribution in [-0.4, -0.2) is 43.6 Å². The van der Waals surface area contributed by atoms with Crippen molar-refractivity contribution >= 4 is 17.8 Å². The highest BCUT2D eigenvalue weighted by molar-refractivity contribution is 5.91. The van der Waals surface area contributed by atoms with E-state index in [0.29, 0.717) is 18.8 Å². The molecule has 7 nitrogen and oxygen atoms in total. The van der Waals surface area contributed by atoms with Gasteiger partial charge in [-0.2, -0.15) is 0 Å². The van der Waals surface area contributed by atoms with Crippen LogP contribution in [0, 0.1) is 25.7 Å². The molecule has 0 heterocycles. The molecular formula is C24H38N2O5. The molecule has 2 amide bonds. The number of nitrogens with one attached hydrogen (secondary N) is 2. The SMILES string of the molecule is CO[C@@H](CC(C)C)C(=O)CNC(=O)[C@H](CC(C)C)NC(=O)OCc1ccc(C)c(C)c1. The average Bonchev–Trinajstić information content (AvgIpc) is 2.69. The second-order valence-electron chi connectivity index (χ2n) is 8.86. The maximum Gasteiger partial charge on any atom is 0.408 e. The summed E-state index contributed by atoms with van der Waals surface area (Å²) < 4.78 is 10.5. The highest BCUT2D eigenvalue weighted by Crippen LogP contribution is 2.12. The van der Waals surface area contributed by atoms with Crippen LogP contribution in [0.2, 0.25) is 0 Å². The Labute approximate surface area is 186 Å². The number of methoxy groups -OCH3 is 1. The molecule has 1 rings (SSSR count). The highest BCUT2D eigenvalue weighted by atomic mass is 16.5. The third-order valence-corrected chi connectivity index (χ3v) is 5.02. The molecule has 0 bridgehead atoms. The van der Waals surface area contributed by atoms with Gasteiger partial charge in [0.1, 0.15) is 18.8 Å². The molecule has 0 radical (unpaired) electrons. The standard InChI is InChI=1S/C24H38N2O5/c1-15(2)10-20(23(28)25-13-21(27)22(30-7)11-16(3)4)26-24(29)31-14-19-9-8-17(5)18(6)12-19/h8-9,12,15-16,20,22H,10-11,13-14H2,1-7H3,(H,25,28)(H,26,29)/t20-,22-/m0/s1. The maximum absolute atomic E-state index is 12.6. The second-order valence-corrected chi connectivity index (χ2v) is 8.86. The molecular weight excluding hydrogens is 396 g/mol. The van der Waals surface area contributed by atoms with Gasteiger partial charge in [0.15, 0.2) is 5.78 Å². The molecule has 0 aliphatic rings. The number of alkyl carbamates (subject to hydrolysis) is 1. The summed E-state index contributed by atoms with van der Waals surface area (Å²) in [5.41, 5.74) is 3.17. The Morgan fingerprint density at radius 3 is 2.16 bits per heavy atom. The first-order valence-electron chi connectivity index (χ1n) is 10.9. The van der Waals surface area contributed by atoms with Crippen molar-refractivity contribution in [1.82, 2.24) is 10.6 Å². The van der Waals surface area contributed by atoms with Crippen molar-refractivity contribution in [1.29, 1.82) is 0 Å². The molecule has 0 aliphatic heterocycles. The summed E-state index contributed by atoms with van der Waals surface area (Å²) in [5, 5.41) is 5.26. The van der Waals surface area contributed by atoms with Crippen molar-refractivity contribution in [3.8, 4) is 0 Å². The van der Waals surface area contributed by atoms with Crippen molar-refractivity contribution in [2.24, 2.45) is 11.8 Å². The van der Waals surface area contributed by atoms with Gasteiger partial charge in [0.25, 0.3) is 0 Å². The van der Waals surface area contributed by atoms with Crippen LogP contribution in [0.4, 0.5) is 4.79 Å². The van der Waals surface area contributed by atoms with Crippen LogP contribution in [0.15, 0.2) is 18.2 Å². The number of rotatable bonds is 12. The summed E-state index contributed by atoms with van der Waals surface area (Å²) in [6.45, 7) is 11.9. The highest BCUT2D eigenvalue weighted by Gasteiger charge is 2.25. The Bertz CT molecular complexity index is 745. The largest absolute Gasteiger partial charge is 0.445 e. The van der Waals surface area contributed by atoms with Gasteiger partial charge in [0, 0.05) is 7.11 Å². The molecule has 2 N–H and O–H groups in total. The molecule has 0 saturated heterocycles. The van der Waals surface area contributed by atoms with E-state index < -0.39 is 24.1 Å². The summed E-state index contributed by atoms with van der Waals surface area (Å²) in [4.78, 5) is 37.3. The van der Waals surface area contributed by atoms with E-state index >= 15 is 0 Å². The van der Waals surface area contributed by atoms with Crippen molar-refractivity contribution in [3.05, 3.63) is 34.9 Å². The first-order valence-corrected chi connectivity index (χ1v) is 10.9. The van der Waals surface area contributed by atoms with E-state index in [-0.39, 0.29) is 24.9 Å². The Balaban J connectivity index is 2.63. The Kier molecular flexibility index (Phi) is 11.3. The van der Waals surface area contributed by atoms with E-state index in [0.717, 1.165) is 11.1 Å². The lowest BCUT2D eigenvalue weighted by molar-refractivity contribution is -0.132. The van der Waals surface area contributed by atoms with Gasteiger partial charge in [-0.25, -0.2) is 4.79 Å². The predicted molar refractivity (Wildman–Crippen MR) is 121 cm³/mol. The van der Waals surface area contributed by atoms with Crippen LogP contribution in [-0.2, 0) is 25.7 Å². The molecule has 1 aromatic carbocycles. The quantitative estimate of drug-likeness (QED) is 0.523. The predicted octanol–water partition coefficient (Wildman–Crippen LogP) is 3.69. The number of amides is 2. The number of hydrogen-bond acceptors (Lipinski definition) is 5. The van der Waals surface area contributed by atoms with E-state index in [1.54, 1.807) is 0 Å². The van der Waals surface area contributed by atoms with E-state index in [9.17, 15) is 14.4 Å². The van der Waals surface area contributed by atoms with Gasteiger partial charge in [0.2, 0.25) is 5.91 Å². The van der Waals surface area contributed by atoms with Crippen LogP contribution in [0.25, 0.3) is 0 Å². The van der Waals surface area contributed by atoms with Gasteiger partial charge in [-0.3, -0.25) is 9.59 Å². The summed E-state index contributed by atoms with van der Waals surface area (Å²) in [6, 6.07) is 5.06. The number of aryl methyl sites for hydroxylation is 2. The van der Waals surface area contributed by atoms with Crippen molar-refractivity contribution in [2.45, 2.75) is 73.1 Å². The molecule has 0 spiro atoms. The lowest BCUT2D eigenvalue weighted by atomic mass is 10.0. The van der Waals surface area contributed by atoms with Crippen LogP contribution in [0.3, 0.4) is 0 Å². The normalized spacial score (nSPS) is 13.1. The van der Waals surface area contributed by atoms with Crippen LogP contribution in [0.1, 0.15) is 57.2 Å². The van der Waals surface area contributed by atoms with E-state index in [1.807, 2.05) is 59.7 Å². The number of hydrogen-bond donors (Lipinski definition) is 2. The van der Waals surface area contributed by atoms with Gasteiger partial charge in [-0.05, 0) is 55.2 Å². The molecule has 0 unspecified atom stereocenters. The van der Waals surface area contributed by atoms with Crippen molar-refractivity contribution in [2.75, 3.05) is 13.7 Å². The minimum atomic E-state index is -0.786. The summed E-state index contributed by atoms with van der Waals surface area (Å²) in [7, 11) is 1.49. The number of ether oxygens (including phenoxy) is 2. The van der Waals surface area contributed by atoms with E-state index in [4.69, 9.17) is 9.47 Å². The fraction of sp³-hybridized carbons (Fsp3) is 0.625. The minimum Gasteiger partial charge on any atom is -0.445 e. The minimum absolute atomic E-state index is 0.117. The third kappa shape index (κ3) is 9.96. The van der Waals surface area contributed by atoms with Gasteiger partial charge in [-0.1, -0.05) is 45.9 Å². The molecule has 7 heteroatoms. The topological polar surface area (TPSA) is 93.7 Å². The fourth-order valence-corrected chi connectivity index (χ4v) is 3.13. The monoisotopic (exact) mass is 434 g/mol. The molecule has 0 saturated carbocycles. The zero-order valence-corrected chi connectivity index (χ0v) is 19.9. The summed E-state index contributed by atoms with van der Waals surface area (Å²) >= 11 is 0. The Morgan fingerprint density at radius 2 is 1.61 bits per heavy atom. The smallest absolute Gasteiger partial charge is 0.408 e. The number of carbonyl (C=O) groups excluding carboxylic acids is 3. The number of carbonyl (C=O) groups is 3. The number of Topliss-reactive ketones (excluding diaryl/α,β-unsaturated/α-hetero) is 1. The van der Waals surface area contributed by atoms with Gasteiger partial charge < -0.3 is 20.1 Å². The molecule has 1 aromatic rings. The fourth-order valence-electron chi connectivity index (χ4n) is 3.13. The molecule has 174 valence electrons. The molecule has 2 atom stereocenters. The number of benzene rings is 1. The molecule has 0 aromatic heterocycles. The Morgan fingerprint density at radius 1 is 0.968 bits per heavy atom. The van der Waals surface area contributed by atoms with Crippen molar-refractivity contribution < 1.29 is 23.9 Å². The molecule has 31 heavy (non-hydrogen) atoms. The third-order valence-electron chi connectivity index (χ3n) is 5.02. The summed E-state index contributed by atoms with van der Waals surface area (Å²) in [5.74, 6) is -0.138. The summed E-state index contributed by atoms with van der Waals surface area (Å²) in [6.07, 6.45) is -0.207. The van der Waals surface area contributed by atoms with Crippen LogP contribution >= 0.6 is 0 Å². The first-order chi connectivity index (χ1) is 14.5. The van der Waals surface area contributed by atoms with Gasteiger partial charge in [-0.15, -0.1) is 0 Å². The van der Waals surface area contributed by atoms with Gasteiger partial charge in [0.05, 0.1) is 6.54 Å². The number of ketones is 1. The van der Waals surface area contributed by atoms with Crippen LogP contribution < -0.4 is 10.6 Å². The van der Waals surface area contributed by atoms with E-state index in [2.05, 4.69) is 10.6 Å². The maximum atomic E-state index is 12.6. The van der Waals surface area contributed by atoms with Crippen molar-refractivity contribution in [3.63, 3.8) is 0 Å². The average molecular weight is 435 g/mol. The Hall–Kier alpha value is -2.41. The zero-order valence-electron chi connectivity index (χ0n) is 19.9. The first kappa shape index (κ1) is 26.6. The molecule has 0 fully saturated rings. The molecule has 0 aliphatic carbocycles. The van der Waals surface area contributed by atoms with Crippen LogP contribution in [0.5, 0.6) is 0 Å². The zero-order chi connectivity index (χ0) is 23.6. The lowest BCUT2D eigenvalue weighted by Crippen LogP contribution is -2.49. The van der Waals surface area contributed by atoms with Gasteiger partial charge >= 0.3 is 6.09 Å². The second kappa shape index (κ2) is 13.1.